The molecule has 2 heterocycles. The zero-order valence-corrected chi connectivity index (χ0v) is 18.5. The summed E-state index contributed by atoms with van der Waals surface area (Å²) >= 11 is 0. The van der Waals surface area contributed by atoms with Gasteiger partial charge in [0, 0.05) is 36.5 Å². The molecule has 6 nitrogen and oxygen atoms in total. The maximum Gasteiger partial charge on any atom is 0.168 e. The summed E-state index contributed by atoms with van der Waals surface area (Å²) in [7, 11) is 4.97. The molecule has 0 saturated heterocycles. The van der Waals surface area contributed by atoms with E-state index < -0.39 is 0 Å². The van der Waals surface area contributed by atoms with Crippen LogP contribution in [0.15, 0.2) is 48.5 Å². The minimum absolute atomic E-state index is 0.594. The number of hydrogen-bond acceptors (Lipinski definition) is 6. The van der Waals surface area contributed by atoms with E-state index in [4.69, 9.17) is 18.9 Å². The first-order valence-electron chi connectivity index (χ1n) is 10.3. The van der Waals surface area contributed by atoms with Crippen molar-refractivity contribution in [2.75, 3.05) is 34.5 Å². The Bertz CT molecular complexity index is 1070. The molecule has 0 radical (unpaired) electrons. The fourth-order valence-electron chi connectivity index (χ4n) is 4.01. The first kappa shape index (κ1) is 21.0. The standard InChI is InChI=1S/C25H28N2O4/c1-17-7-5-8-20(26-17)16-27-11-12-31-24-19(15-27)13-18(14-23(24)29-3)21-9-6-10-22(28-2)25(21)30-4/h5-10,13-14H,11-12,15-16H2,1-4H3. The summed E-state index contributed by atoms with van der Waals surface area (Å²) in [5, 5.41) is 0. The van der Waals surface area contributed by atoms with Crippen LogP contribution in [0.25, 0.3) is 11.1 Å². The fourth-order valence-corrected chi connectivity index (χ4v) is 4.01. The molecule has 1 aliphatic heterocycles. The molecule has 31 heavy (non-hydrogen) atoms. The van der Waals surface area contributed by atoms with Crippen LogP contribution in [-0.2, 0) is 13.1 Å². The third kappa shape index (κ3) is 4.44. The largest absolute Gasteiger partial charge is 0.493 e. The molecule has 0 amide bonds. The number of para-hydroxylation sites is 1. The van der Waals surface area contributed by atoms with Gasteiger partial charge in [-0.15, -0.1) is 0 Å². The van der Waals surface area contributed by atoms with Gasteiger partial charge in [-0.3, -0.25) is 9.88 Å². The van der Waals surface area contributed by atoms with E-state index in [1.807, 2.05) is 37.3 Å². The molecule has 0 aliphatic carbocycles. The molecular formula is C25H28N2O4. The van der Waals surface area contributed by atoms with Gasteiger partial charge in [0.1, 0.15) is 6.61 Å². The lowest BCUT2D eigenvalue weighted by atomic mass is 10.00. The van der Waals surface area contributed by atoms with E-state index in [9.17, 15) is 0 Å². The summed E-state index contributed by atoms with van der Waals surface area (Å²) in [5.74, 6) is 2.90. The Balaban J connectivity index is 1.72. The first-order valence-corrected chi connectivity index (χ1v) is 10.3. The van der Waals surface area contributed by atoms with Crippen LogP contribution >= 0.6 is 0 Å². The lowest BCUT2D eigenvalue weighted by Gasteiger charge is -2.20. The molecule has 0 N–H and O–H groups in total. The monoisotopic (exact) mass is 420 g/mol. The Labute approximate surface area is 183 Å². The second-order valence-corrected chi connectivity index (χ2v) is 7.54. The molecule has 1 aliphatic rings. The van der Waals surface area contributed by atoms with Crippen LogP contribution < -0.4 is 18.9 Å². The summed E-state index contributed by atoms with van der Waals surface area (Å²) in [5.41, 5.74) is 5.09. The zero-order valence-electron chi connectivity index (χ0n) is 18.5. The molecule has 0 spiro atoms. The molecule has 4 rings (SSSR count). The van der Waals surface area contributed by atoms with Crippen LogP contribution in [0.2, 0.25) is 0 Å². The highest BCUT2D eigenvalue weighted by atomic mass is 16.5. The number of methoxy groups -OCH3 is 3. The Morgan fingerprint density at radius 1 is 0.968 bits per heavy atom. The molecule has 0 saturated carbocycles. The Morgan fingerprint density at radius 3 is 2.52 bits per heavy atom. The second kappa shape index (κ2) is 9.27. The van der Waals surface area contributed by atoms with Crippen LogP contribution in [0, 0.1) is 6.92 Å². The van der Waals surface area contributed by atoms with Crippen molar-refractivity contribution in [3.63, 3.8) is 0 Å². The average Bonchev–Trinajstić information content (AvgIpc) is 2.99. The van der Waals surface area contributed by atoms with E-state index in [0.717, 1.165) is 53.5 Å². The van der Waals surface area contributed by atoms with E-state index >= 15 is 0 Å². The van der Waals surface area contributed by atoms with E-state index in [0.29, 0.717) is 23.9 Å². The van der Waals surface area contributed by atoms with Crippen molar-refractivity contribution in [2.45, 2.75) is 20.0 Å². The predicted octanol–water partition coefficient (Wildman–Crippen LogP) is 4.48. The summed E-state index contributed by atoms with van der Waals surface area (Å²) in [6.45, 7) is 4.92. The topological polar surface area (TPSA) is 53.1 Å². The van der Waals surface area contributed by atoms with E-state index in [1.54, 1.807) is 21.3 Å². The average molecular weight is 421 g/mol. The van der Waals surface area contributed by atoms with Crippen LogP contribution in [-0.4, -0.2) is 44.4 Å². The third-order valence-electron chi connectivity index (χ3n) is 5.45. The van der Waals surface area contributed by atoms with Gasteiger partial charge in [-0.2, -0.15) is 0 Å². The van der Waals surface area contributed by atoms with Crippen LogP contribution in [0.5, 0.6) is 23.0 Å². The highest BCUT2D eigenvalue weighted by Crippen LogP contribution is 2.43. The van der Waals surface area contributed by atoms with Crippen molar-refractivity contribution >= 4 is 0 Å². The van der Waals surface area contributed by atoms with Crippen molar-refractivity contribution in [3.05, 3.63) is 65.5 Å². The number of pyridine rings is 1. The highest BCUT2D eigenvalue weighted by Gasteiger charge is 2.22. The second-order valence-electron chi connectivity index (χ2n) is 7.54. The quantitative estimate of drug-likeness (QED) is 0.586. The van der Waals surface area contributed by atoms with Crippen molar-refractivity contribution in [1.82, 2.24) is 9.88 Å². The SMILES string of the molecule is COc1cc(-c2cccc(OC)c2OC)cc2c1OCCN(Cc1cccc(C)n1)C2. The number of fused-ring (bicyclic) bond motifs is 1. The van der Waals surface area contributed by atoms with Gasteiger partial charge in [-0.05, 0) is 42.8 Å². The lowest BCUT2D eigenvalue weighted by molar-refractivity contribution is 0.215. The van der Waals surface area contributed by atoms with Gasteiger partial charge < -0.3 is 18.9 Å². The smallest absolute Gasteiger partial charge is 0.168 e. The number of hydrogen-bond donors (Lipinski definition) is 0. The van der Waals surface area contributed by atoms with E-state index in [2.05, 4.69) is 28.1 Å². The number of aryl methyl sites for hydroxylation is 1. The van der Waals surface area contributed by atoms with Crippen molar-refractivity contribution in [3.8, 4) is 34.1 Å². The number of nitrogens with zero attached hydrogens (tertiary/aromatic N) is 2. The summed E-state index contributed by atoms with van der Waals surface area (Å²) in [6.07, 6.45) is 0. The predicted molar refractivity (Wildman–Crippen MR) is 120 cm³/mol. The molecule has 0 bridgehead atoms. The first-order chi connectivity index (χ1) is 15.1. The molecule has 6 heteroatoms. The number of benzene rings is 2. The number of aromatic nitrogens is 1. The van der Waals surface area contributed by atoms with Gasteiger partial charge in [0.15, 0.2) is 23.0 Å². The highest BCUT2D eigenvalue weighted by molar-refractivity contribution is 5.77. The van der Waals surface area contributed by atoms with Crippen molar-refractivity contribution < 1.29 is 18.9 Å². The van der Waals surface area contributed by atoms with Gasteiger partial charge in [0.05, 0.1) is 27.0 Å². The van der Waals surface area contributed by atoms with Gasteiger partial charge in [0.2, 0.25) is 0 Å². The van der Waals surface area contributed by atoms with Crippen LogP contribution in [0.3, 0.4) is 0 Å². The molecule has 2 aromatic carbocycles. The van der Waals surface area contributed by atoms with Crippen molar-refractivity contribution in [2.24, 2.45) is 0 Å². The number of rotatable bonds is 6. The van der Waals surface area contributed by atoms with Crippen LogP contribution in [0.1, 0.15) is 17.0 Å². The minimum Gasteiger partial charge on any atom is -0.493 e. The third-order valence-corrected chi connectivity index (χ3v) is 5.45. The molecule has 0 fully saturated rings. The minimum atomic E-state index is 0.594. The molecule has 0 unspecified atom stereocenters. The van der Waals surface area contributed by atoms with Gasteiger partial charge in [0.25, 0.3) is 0 Å². The van der Waals surface area contributed by atoms with Gasteiger partial charge in [-0.1, -0.05) is 18.2 Å². The molecular weight excluding hydrogens is 392 g/mol. The molecule has 1 aromatic heterocycles. The fraction of sp³-hybridized carbons (Fsp3) is 0.320. The Morgan fingerprint density at radius 2 is 1.77 bits per heavy atom. The molecule has 3 aromatic rings. The maximum atomic E-state index is 6.11. The molecule has 0 atom stereocenters. The maximum absolute atomic E-state index is 6.11. The Hall–Kier alpha value is -3.25. The summed E-state index contributed by atoms with van der Waals surface area (Å²) < 4.78 is 23.0. The Kier molecular flexibility index (Phi) is 6.28. The van der Waals surface area contributed by atoms with Crippen LogP contribution in [0.4, 0.5) is 0 Å². The van der Waals surface area contributed by atoms with Crippen molar-refractivity contribution in [1.29, 1.82) is 0 Å². The zero-order chi connectivity index (χ0) is 21.8. The summed E-state index contributed by atoms with van der Waals surface area (Å²) in [4.78, 5) is 7.00. The van der Waals surface area contributed by atoms with Gasteiger partial charge in [-0.25, -0.2) is 0 Å². The van der Waals surface area contributed by atoms with E-state index in [1.165, 1.54) is 0 Å². The lowest BCUT2D eigenvalue weighted by Crippen LogP contribution is -2.25. The number of ether oxygens (including phenoxy) is 4. The normalized spacial score (nSPS) is 13.7. The van der Waals surface area contributed by atoms with E-state index in [-0.39, 0.29) is 0 Å². The summed E-state index contributed by atoms with van der Waals surface area (Å²) in [6, 6.07) is 16.2. The molecule has 162 valence electrons. The van der Waals surface area contributed by atoms with Gasteiger partial charge >= 0.3 is 0 Å².